The molecule has 0 fully saturated rings. The molecule has 0 atom stereocenters. The molecule has 0 bridgehead atoms. The third kappa shape index (κ3) is 4.80. The van der Waals surface area contributed by atoms with Crippen LogP contribution in [0.4, 0.5) is 15.4 Å². The topological polar surface area (TPSA) is 118 Å². The quantitative estimate of drug-likeness (QED) is 0.626. The van der Waals surface area contributed by atoms with Gasteiger partial charge in [0.25, 0.3) is 0 Å². The predicted molar refractivity (Wildman–Crippen MR) is 88.7 cm³/mol. The van der Waals surface area contributed by atoms with E-state index < -0.39 is 17.7 Å². The molecule has 0 aliphatic carbocycles. The van der Waals surface area contributed by atoms with Crippen molar-refractivity contribution in [2.45, 2.75) is 39.3 Å². The minimum Gasteiger partial charge on any atom is -0.444 e. The Balaban J connectivity index is 2.11. The second-order valence-electron chi connectivity index (χ2n) is 6.59. The van der Waals surface area contributed by atoms with Crippen LogP contribution in [-0.2, 0) is 29.5 Å². The molecule has 1 aliphatic heterocycles. The lowest BCUT2D eigenvalue weighted by Crippen LogP contribution is -2.40. The number of urea groups is 1. The van der Waals surface area contributed by atoms with Gasteiger partial charge in [-0.25, -0.2) is 14.4 Å². The van der Waals surface area contributed by atoms with E-state index in [0.29, 0.717) is 25.3 Å². The van der Waals surface area contributed by atoms with Crippen LogP contribution in [0.3, 0.4) is 0 Å². The zero-order valence-corrected chi connectivity index (χ0v) is 14.8. The van der Waals surface area contributed by atoms with Crippen molar-refractivity contribution < 1.29 is 19.1 Å². The number of hydrogen-bond acceptors (Lipinski definition) is 6. The molecular weight excluding hydrogens is 328 g/mol. The number of carbonyl (C=O) groups is 2. The van der Waals surface area contributed by atoms with Gasteiger partial charge in [0.15, 0.2) is 0 Å². The normalized spacial score (nSPS) is 13.5. The Bertz CT molecular complexity index is 714. The number of aromatic nitrogens is 2. The number of fused-ring (bicyclic) bond motifs is 1. The molecule has 136 valence electrons. The number of nitrogens with one attached hydrogen (secondary N) is 2. The Labute approximate surface area is 145 Å². The third-order valence-electron chi connectivity index (χ3n) is 3.46. The summed E-state index contributed by atoms with van der Waals surface area (Å²) in [4.78, 5) is 39.0. The van der Waals surface area contributed by atoms with Gasteiger partial charge >= 0.3 is 12.1 Å². The number of rotatable bonds is 3. The Hall–Kier alpha value is -2.87. The molecule has 0 radical (unpaired) electrons. The Kier molecular flexibility index (Phi) is 5.43. The molecular formula is C15H22N6O4. The summed E-state index contributed by atoms with van der Waals surface area (Å²) in [6.07, 6.45) is 1.50. The van der Waals surface area contributed by atoms with Crippen molar-refractivity contribution in [2.75, 3.05) is 18.5 Å². The summed E-state index contributed by atoms with van der Waals surface area (Å²) in [6, 6.07) is -0.529. The van der Waals surface area contributed by atoms with Crippen molar-refractivity contribution in [3.8, 4) is 0 Å². The lowest BCUT2D eigenvalue weighted by molar-refractivity contribution is 0.0224. The maximum absolute atomic E-state index is 12.3. The van der Waals surface area contributed by atoms with Gasteiger partial charge in [0.1, 0.15) is 18.1 Å². The van der Waals surface area contributed by atoms with Crippen LogP contribution in [0, 0.1) is 0 Å². The van der Waals surface area contributed by atoms with Gasteiger partial charge in [-0.05, 0) is 20.8 Å². The highest BCUT2D eigenvalue weighted by molar-refractivity contribution is 5.89. The smallest absolute Gasteiger partial charge is 0.410 e. The molecule has 10 heteroatoms. The highest BCUT2D eigenvalue weighted by atomic mass is 16.6. The first-order valence-electron chi connectivity index (χ1n) is 7.82. The summed E-state index contributed by atoms with van der Waals surface area (Å²) in [6.45, 7) is 6.05. The van der Waals surface area contributed by atoms with Crippen molar-refractivity contribution in [3.63, 3.8) is 0 Å². The average Bonchev–Trinajstić information content (AvgIpc) is 2.81. The minimum atomic E-state index is -0.577. The van der Waals surface area contributed by atoms with Crippen LogP contribution in [-0.4, -0.2) is 51.7 Å². The number of nitrogens with zero attached hydrogens (tertiary/aromatic N) is 4. The van der Waals surface area contributed by atoms with Crippen molar-refractivity contribution in [1.82, 2.24) is 20.0 Å². The number of hydrogen-bond donors (Lipinski definition) is 2. The van der Waals surface area contributed by atoms with E-state index in [2.05, 4.69) is 20.7 Å². The van der Waals surface area contributed by atoms with Gasteiger partial charge in [-0.3, -0.25) is 10.00 Å². The van der Waals surface area contributed by atoms with Crippen LogP contribution in [0.5, 0.6) is 0 Å². The molecule has 0 saturated heterocycles. The number of ether oxygens (including phenoxy) is 1. The van der Waals surface area contributed by atoms with E-state index >= 15 is 0 Å². The highest BCUT2D eigenvalue weighted by Gasteiger charge is 2.30. The Morgan fingerprint density at radius 2 is 2.12 bits per heavy atom. The first-order valence-corrected chi connectivity index (χ1v) is 7.82. The molecule has 0 saturated carbocycles. The molecule has 2 rings (SSSR count). The summed E-state index contributed by atoms with van der Waals surface area (Å²) in [5.41, 5.74) is 1.00. The molecule has 1 aromatic heterocycles. The van der Waals surface area contributed by atoms with E-state index in [1.165, 1.54) is 6.08 Å². The van der Waals surface area contributed by atoms with Crippen molar-refractivity contribution in [2.24, 2.45) is 12.0 Å². The fourth-order valence-electron chi connectivity index (χ4n) is 2.44. The minimum absolute atomic E-state index is 0.167. The lowest BCUT2D eigenvalue weighted by Gasteiger charge is -2.29. The molecule has 25 heavy (non-hydrogen) atoms. The van der Waals surface area contributed by atoms with Crippen LogP contribution in [0.25, 0.3) is 0 Å². The zero-order valence-electron chi connectivity index (χ0n) is 14.8. The number of aryl methyl sites for hydroxylation is 1. The first-order chi connectivity index (χ1) is 11.7. The van der Waals surface area contributed by atoms with Crippen LogP contribution >= 0.6 is 0 Å². The van der Waals surface area contributed by atoms with Gasteiger partial charge < -0.3 is 15.0 Å². The van der Waals surface area contributed by atoms with Crippen LogP contribution in [0.15, 0.2) is 4.99 Å². The second kappa shape index (κ2) is 7.35. The third-order valence-corrected chi connectivity index (χ3v) is 3.46. The molecule has 1 aliphatic rings. The Morgan fingerprint density at radius 3 is 2.76 bits per heavy atom. The molecule has 2 N–H and O–H groups in total. The largest absolute Gasteiger partial charge is 0.444 e. The van der Waals surface area contributed by atoms with Crippen molar-refractivity contribution >= 4 is 24.0 Å². The van der Waals surface area contributed by atoms with Gasteiger partial charge in [-0.1, -0.05) is 0 Å². The fraction of sp³-hybridized carbons (Fsp3) is 0.600. The van der Waals surface area contributed by atoms with Crippen LogP contribution in [0.1, 0.15) is 32.0 Å². The number of isocyanates is 1. The number of carbonyl (C=O) groups excluding carboxylic acids is 3. The maximum Gasteiger partial charge on any atom is 0.410 e. The standard InChI is InChI=1S/C15H22N6O4/c1-15(2,3)25-14(24)21-6-5-11-10(7-21)12(20(4)19-11)18-13(23)17-8-16-9-22/h5-8H2,1-4H3,(H2,17,18,23). The fourth-order valence-corrected chi connectivity index (χ4v) is 2.44. The van der Waals surface area contributed by atoms with Gasteiger partial charge in [0, 0.05) is 25.6 Å². The molecule has 1 aromatic rings. The van der Waals surface area contributed by atoms with E-state index in [0.717, 1.165) is 11.3 Å². The van der Waals surface area contributed by atoms with Crippen molar-refractivity contribution in [3.05, 3.63) is 11.3 Å². The molecule has 0 unspecified atom stereocenters. The van der Waals surface area contributed by atoms with Gasteiger partial charge in [-0.2, -0.15) is 10.1 Å². The number of anilines is 1. The van der Waals surface area contributed by atoms with Crippen molar-refractivity contribution in [1.29, 1.82) is 0 Å². The van der Waals surface area contributed by atoms with Gasteiger partial charge in [-0.15, -0.1) is 0 Å². The zero-order chi connectivity index (χ0) is 18.6. The van der Waals surface area contributed by atoms with E-state index in [-0.39, 0.29) is 6.67 Å². The summed E-state index contributed by atoms with van der Waals surface area (Å²) >= 11 is 0. The average molecular weight is 350 g/mol. The SMILES string of the molecule is Cn1nc2c(c1NC(=O)NCN=C=O)CN(C(=O)OC(C)(C)C)CC2. The predicted octanol–water partition coefficient (Wildman–Crippen LogP) is 1.13. The highest BCUT2D eigenvalue weighted by Crippen LogP contribution is 2.26. The van der Waals surface area contributed by atoms with Crippen LogP contribution < -0.4 is 10.6 Å². The summed E-state index contributed by atoms with van der Waals surface area (Å²) < 4.78 is 6.94. The van der Waals surface area contributed by atoms with Gasteiger partial charge in [0.05, 0.1) is 12.2 Å². The summed E-state index contributed by atoms with van der Waals surface area (Å²) in [5.74, 6) is 0.482. The van der Waals surface area contributed by atoms with E-state index in [4.69, 9.17) is 4.74 Å². The lowest BCUT2D eigenvalue weighted by atomic mass is 10.1. The summed E-state index contributed by atoms with van der Waals surface area (Å²) in [7, 11) is 1.70. The van der Waals surface area contributed by atoms with Crippen LogP contribution in [0.2, 0.25) is 0 Å². The number of amides is 3. The molecule has 10 nitrogen and oxygen atoms in total. The Morgan fingerprint density at radius 1 is 1.40 bits per heavy atom. The van der Waals surface area contributed by atoms with E-state index in [1.54, 1.807) is 16.6 Å². The van der Waals surface area contributed by atoms with E-state index in [9.17, 15) is 14.4 Å². The van der Waals surface area contributed by atoms with Gasteiger partial charge in [0.2, 0.25) is 6.08 Å². The number of aliphatic imine (C=N–C) groups is 1. The molecule has 0 spiro atoms. The van der Waals surface area contributed by atoms with E-state index in [1.807, 2.05) is 20.8 Å². The molecule has 2 heterocycles. The summed E-state index contributed by atoms with van der Waals surface area (Å²) in [5, 5.41) is 9.44. The monoisotopic (exact) mass is 350 g/mol. The molecule has 3 amide bonds. The maximum atomic E-state index is 12.3. The second-order valence-corrected chi connectivity index (χ2v) is 6.59. The molecule has 0 aromatic carbocycles. The first kappa shape index (κ1) is 18.5.